The number of piperidine rings is 1. The lowest BCUT2D eigenvalue weighted by molar-refractivity contribution is 0.418. The first-order valence-electron chi connectivity index (χ1n) is 7.80. The van der Waals surface area contributed by atoms with E-state index in [0.717, 1.165) is 44.5 Å². The van der Waals surface area contributed by atoms with Gasteiger partial charge in [0.15, 0.2) is 0 Å². The van der Waals surface area contributed by atoms with Gasteiger partial charge in [-0.25, -0.2) is 5.84 Å². The van der Waals surface area contributed by atoms with Crippen molar-refractivity contribution in [2.75, 3.05) is 41.4 Å². The van der Waals surface area contributed by atoms with Crippen LogP contribution in [-0.2, 0) is 0 Å². The Morgan fingerprint density at radius 3 is 2.19 bits per heavy atom. The van der Waals surface area contributed by atoms with Crippen molar-refractivity contribution >= 4 is 17.8 Å². The first kappa shape index (κ1) is 14.3. The van der Waals surface area contributed by atoms with Crippen molar-refractivity contribution in [2.45, 2.75) is 39.5 Å². The minimum absolute atomic E-state index is 0.314. The smallest absolute Gasteiger partial charge is 0.243 e. The van der Waals surface area contributed by atoms with Gasteiger partial charge in [0.25, 0.3) is 0 Å². The quantitative estimate of drug-likeness (QED) is 0.643. The molecule has 0 spiro atoms. The Bertz CT molecular complexity index is 496. The molecule has 0 aromatic carbocycles. The van der Waals surface area contributed by atoms with Crippen molar-refractivity contribution in [2.24, 2.45) is 11.3 Å². The number of nitrogens with zero attached hydrogens (tertiary/aromatic N) is 5. The van der Waals surface area contributed by atoms with Gasteiger partial charge in [0.2, 0.25) is 17.8 Å². The number of hydrogen-bond donors (Lipinski definition) is 2. The molecule has 3 rings (SSSR count). The molecular formula is C14H25N7. The van der Waals surface area contributed by atoms with Gasteiger partial charge in [0.1, 0.15) is 0 Å². The first-order chi connectivity index (χ1) is 10.1. The van der Waals surface area contributed by atoms with Gasteiger partial charge in [-0.3, -0.25) is 5.43 Å². The molecule has 7 heteroatoms. The van der Waals surface area contributed by atoms with Gasteiger partial charge in [-0.15, -0.1) is 0 Å². The number of nitrogens with one attached hydrogen (secondary N) is 1. The van der Waals surface area contributed by atoms with Crippen LogP contribution in [0.15, 0.2) is 0 Å². The molecule has 2 saturated heterocycles. The maximum absolute atomic E-state index is 5.53. The summed E-state index contributed by atoms with van der Waals surface area (Å²) in [7, 11) is 0. The molecule has 116 valence electrons. The van der Waals surface area contributed by atoms with Crippen LogP contribution in [0, 0.1) is 5.41 Å². The molecule has 1 aromatic heterocycles. The third-order valence-electron chi connectivity index (χ3n) is 4.34. The average Bonchev–Trinajstić information content (AvgIpc) is 2.88. The molecule has 21 heavy (non-hydrogen) atoms. The lowest BCUT2D eigenvalue weighted by Crippen LogP contribution is -2.33. The second-order valence-electron chi connectivity index (χ2n) is 6.79. The van der Waals surface area contributed by atoms with E-state index in [0.29, 0.717) is 11.4 Å². The van der Waals surface area contributed by atoms with Crippen LogP contribution in [-0.4, -0.2) is 41.1 Å². The molecule has 2 fully saturated rings. The van der Waals surface area contributed by atoms with E-state index in [9.17, 15) is 0 Å². The first-order valence-corrected chi connectivity index (χ1v) is 7.80. The fraction of sp³-hybridized carbons (Fsp3) is 0.786. The summed E-state index contributed by atoms with van der Waals surface area (Å²) in [6.45, 7) is 8.54. The Morgan fingerprint density at radius 2 is 1.62 bits per heavy atom. The molecular weight excluding hydrogens is 266 g/mol. The van der Waals surface area contributed by atoms with Gasteiger partial charge < -0.3 is 9.80 Å². The van der Waals surface area contributed by atoms with Crippen LogP contribution in [0.2, 0.25) is 0 Å². The summed E-state index contributed by atoms with van der Waals surface area (Å²) in [5.74, 6) is 7.47. The van der Waals surface area contributed by atoms with E-state index in [-0.39, 0.29) is 0 Å². The Hall–Kier alpha value is -1.63. The van der Waals surface area contributed by atoms with E-state index in [2.05, 4.69) is 44.0 Å². The maximum atomic E-state index is 5.53. The topological polar surface area (TPSA) is 83.2 Å². The number of rotatable bonds is 3. The molecule has 2 aliphatic heterocycles. The van der Waals surface area contributed by atoms with E-state index < -0.39 is 0 Å². The minimum Gasteiger partial charge on any atom is -0.341 e. The summed E-state index contributed by atoms with van der Waals surface area (Å²) in [6.07, 6.45) is 4.84. The van der Waals surface area contributed by atoms with Gasteiger partial charge in [0.05, 0.1) is 0 Å². The molecule has 0 saturated carbocycles. The molecule has 0 atom stereocenters. The summed E-state index contributed by atoms with van der Waals surface area (Å²) in [4.78, 5) is 18.0. The molecule has 2 aliphatic rings. The number of anilines is 3. The van der Waals surface area contributed by atoms with Crippen molar-refractivity contribution < 1.29 is 0 Å². The van der Waals surface area contributed by atoms with Gasteiger partial charge in [-0.2, -0.15) is 15.0 Å². The van der Waals surface area contributed by atoms with Crippen LogP contribution in [0.25, 0.3) is 0 Å². The average molecular weight is 291 g/mol. The van der Waals surface area contributed by atoms with E-state index in [1.165, 1.54) is 19.3 Å². The van der Waals surface area contributed by atoms with Crippen LogP contribution >= 0.6 is 0 Å². The second-order valence-corrected chi connectivity index (χ2v) is 6.79. The molecule has 0 radical (unpaired) electrons. The van der Waals surface area contributed by atoms with Crippen LogP contribution in [0.3, 0.4) is 0 Å². The predicted octanol–water partition coefficient (Wildman–Crippen LogP) is 1.38. The lowest BCUT2D eigenvalue weighted by atomic mass is 9.93. The monoisotopic (exact) mass is 291 g/mol. The van der Waals surface area contributed by atoms with E-state index in [1.54, 1.807) is 0 Å². The van der Waals surface area contributed by atoms with Crippen molar-refractivity contribution in [1.82, 2.24) is 15.0 Å². The number of hydrazine groups is 1. The molecule has 3 heterocycles. The highest BCUT2D eigenvalue weighted by atomic mass is 15.4. The summed E-state index contributed by atoms with van der Waals surface area (Å²) in [6, 6.07) is 0. The lowest BCUT2D eigenvalue weighted by Gasteiger charge is -2.28. The van der Waals surface area contributed by atoms with Crippen molar-refractivity contribution in [3.8, 4) is 0 Å². The fourth-order valence-corrected chi connectivity index (χ4v) is 3.08. The Morgan fingerprint density at radius 1 is 0.952 bits per heavy atom. The van der Waals surface area contributed by atoms with Gasteiger partial charge in [-0.1, -0.05) is 13.8 Å². The zero-order chi connectivity index (χ0) is 14.9. The number of hydrogen-bond acceptors (Lipinski definition) is 7. The third kappa shape index (κ3) is 3.18. The number of aromatic nitrogens is 3. The fourth-order valence-electron chi connectivity index (χ4n) is 3.08. The third-order valence-corrected chi connectivity index (χ3v) is 4.34. The van der Waals surface area contributed by atoms with Crippen LogP contribution in [0.5, 0.6) is 0 Å². The van der Waals surface area contributed by atoms with Crippen molar-refractivity contribution in [3.05, 3.63) is 0 Å². The molecule has 3 N–H and O–H groups in total. The highest BCUT2D eigenvalue weighted by Gasteiger charge is 2.31. The summed E-state index contributed by atoms with van der Waals surface area (Å²) < 4.78 is 0. The van der Waals surface area contributed by atoms with Gasteiger partial charge in [0, 0.05) is 26.2 Å². The molecule has 0 unspecified atom stereocenters. The molecule has 0 bridgehead atoms. The Balaban J connectivity index is 1.86. The zero-order valence-corrected chi connectivity index (χ0v) is 13.0. The van der Waals surface area contributed by atoms with Crippen LogP contribution in [0.1, 0.15) is 39.5 Å². The SMILES string of the molecule is CC1(C)CCN(c2nc(NN)nc(N3CCCCC3)n2)C1. The van der Waals surface area contributed by atoms with Crippen LogP contribution in [0.4, 0.5) is 17.8 Å². The highest BCUT2D eigenvalue weighted by Crippen LogP contribution is 2.31. The summed E-state index contributed by atoms with van der Waals surface area (Å²) in [5, 5.41) is 0. The maximum Gasteiger partial charge on any atom is 0.243 e. The number of nitrogen functional groups attached to an aromatic ring is 1. The standard InChI is InChI=1S/C14H25N7/c1-14(2)6-9-21(10-14)13-17-11(19-15)16-12(18-13)20-7-4-3-5-8-20/h3-10,15H2,1-2H3,(H,16,17,18,19). The molecule has 1 aromatic rings. The summed E-state index contributed by atoms with van der Waals surface area (Å²) >= 11 is 0. The molecule has 0 aliphatic carbocycles. The van der Waals surface area contributed by atoms with Gasteiger partial charge >= 0.3 is 0 Å². The molecule has 0 amide bonds. The largest absolute Gasteiger partial charge is 0.341 e. The molecule has 7 nitrogen and oxygen atoms in total. The zero-order valence-electron chi connectivity index (χ0n) is 13.0. The normalized spacial score (nSPS) is 21.7. The van der Waals surface area contributed by atoms with E-state index in [4.69, 9.17) is 5.84 Å². The Labute approximate surface area is 125 Å². The number of nitrogens with two attached hydrogens (primary N) is 1. The summed E-state index contributed by atoms with van der Waals surface area (Å²) in [5.41, 5.74) is 2.89. The van der Waals surface area contributed by atoms with Crippen molar-refractivity contribution in [3.63, 3.8) is 0 Å². The van der Waals surface area contributed by atoms with Crippen LogP contribution < -0.4 is 21.1 Å². The van der Waals surface area contributed by atoms with E-state index in [1.807, 2.05) is 0 Å². The highest BCUT2D eigenvalue weighted by molar-refractivity contribution is 5.45. The van der Waals surface area contributed by atoms with Gasteiger partial charge in [-0.05, 0) is 31.1 Å². The predicted molar refractivity (Wildman–Crippen MR) is 84.3 cm³/mol. The van der Waals surface area contributed by atoms with E-state index >= 15 is 0 Å². The van der Waals surface area contributed by atoms with Crippen molar-refractivity contribution in [1.29, 1.82) is 0 Å². The Kier molecular flexibility index (Phi) is 3.84. The second kappa shape index (κ2) is 5.63. The minimum atomic E-state index is 0.314.